The second kappa shape index (κ2) is 8.96. The Kier molecular flexibility index (Phi) is 6.92. The molecular weight excluding hydrogens is 376 g/mol. The summed E-state index contributed by atoms with van der Waals surface area (Å²) in [7, 11) is 1.38. The zero-order valence-electron chi connectivity index (χ0n) is 15.6. The van der Waals surface area contributed by atoms with Crippen molar-refractivity contribution in [1.82, 2.24) is 10.6 Å². The van der Waals surface area contributed by atoms with Crippen molar-refractivity contribution in [2.45, 2.75) is 32.9 Å². The van der Waals surface area contributed by atoms with Gasteiger partial charge in [-0.3, -0.25) is 0 Å². The minimum Gasteiger partial charge on any atom is -0.503 e. The first-order valence-corrected chi connectivity index (χ1v) is 8.75. The molecule has 148 valence electrons. The molecule has 0 fully saturated rings. The van der Waals surface area contributed by atoms with E-state index in [1.807, 2.05) is 13.8 Å². The number of allylic oxidation sites excluding steroid dienone is 1. The molecule has 0 spiro atoms. The molecule has 0 bridgehead atoms. The van der Waals surface area contributed by atoms with Crippen LogP contribution in [0.1, 0.15) is 32.4 Å². The highest BCUT2D eigenvalue weighted by molar-refractivity contribution is 6.32. The van der Waals surface area contributed by atoms with E-state index in [1.165, 1.54) is 19.2 Å². The van der Waals surface area contributed by atoms with Crippen LogP contribution in [0.2, 0.25) is 5.02 Å². The van der Waals surface area contributed by atoms with Crippen molar-refractivity contribution >= 4 is 23.6 Å². The Bertz CT molecular complexity index is 762. The summed E-state index contributed by atoms with van der Waals surface area (Å²) in [5, 5.41) is 15.2. The Labute approximate surface area is 162 Å². The lowest BCUT2D eigenvalue weighted by atomic mass is 9.95. The first-order valence-electron chi connectivity index (χ1n) is 8.38. The molecule has 0 aromatic heterocycles. The number of ether oxygens (including phenoxy) is 3. The second-order valence-electron chi connectivity index (χ2n) is 6.18. The summed E-state index contributed by atoms with van der Waals surface area (Å²) in [6.45, 7) is 5.71. The van der Waals surface area contributed by atoms with Crippen molar-refractivity contribution in [3.63, 3.8) is 0 Å². The van der Waals surface area contributed by atoms with Crippen LogP contribution in [0.5, 0.6) is 11.5 Å². The number of urea groups is 1. The largest absolute Gasteiger partial charge is 0.503 e. The zero-order valence-corrected chi connectivity index (χ0v) is 16.3. The molecule has 2 rings (SSSR count). The number of rotatable bonds is 7. The summed E-state index contributed by atoms with van der Waals surface area (Å²) < 4.78 is 15.7. The number of methoxy groups -OCH3 is 1. The van der Waals surface area contributed by atoms with Gasteiger partial charge in [0.25, 0.3) is 0 Å². The third kappa shape index (κ3) is 5.05. The fourth-order valence-corrected chi connectivity index (χ4v) is 2.85. The van der Waals surface area contributed by atoms with Gasteiger partial charge in [-0.05, 0) is 38.5 Å². The van der Waals surface area contributed by atoms with E-state index in [4.69, 9.17) is 25.8 Å². The van der Waals surface area contributed by atoms with Crippen LogP contribution in [0.4, 0.5) is 4.79 Å². The first kappa shape index (κ1) is 20.9. The van der Waals surface area contributed by atoms with Crippen LogP contribution in [-0.4, -0.2) is 43.5 Å². The van der Waals surface area contributed by atoms with Crippen LogP contribution in [0.25, 0.3) is 0 Å². The Hall–Kier alpha value is -2.45. The third-order valence-corrected chi connectivity index (χ3v) is 4.15. The second-order valence-corrected chi connectivity index (χ2v) is 6.59. The van der Waals surface area contributed by atoms with E-state index in [0.717, 1.165) is 0 Å². The number of nitrogens with one attached hydrogen (secondary N) is 2. The number of aromatic hydroxyl groups is 1. The fourth-order valence-electron chi connectivity index (χ4n) is 2.63. The van der Waals surface area contributed by atoms with Gasteiger partial charge < -0.3 is 30.0 Å². The number of benzene rings is 1. The SMILES string of the molecule is COc1cc([C@H]2NC(=O)NC(C)=C2C(=O)OCCOC(C)C)cc(Cl)c1O. The Morgan fingerprint density at radius 2 is 2.04 bits per heavy atom. The molecule has 8 nitrogen and oxygen atoms in total. The third-order valence-electron chi connectivity index (χ3n) is 3.86. The van der Waals surface area contributed by atoms with E-state index in [0.29, 0.717) is 11.3 Å². The lowest BCUT2D eigenvalue weighted by Gasteiger charge is -2.28. The zero-order chi connectivity index (χ0) is 20.1. The predicted molar refractivity (Wildman–Crippen MR) is 98.8 cm³/mol. The summed E-state index contributed by atoms with van der Waals surface area (Å²) in [5.41, 5.74) is 1.05. The minimum atomic E-state index is -0.815. The molecule has 1 aromatic carbocycles. The molecule has 1 aromatic rings. The molecular formula is C18H23ClN2O6. The van der Waals surface area contributed by atoms with Gasteiger partial charge in [-0.1, -0.05) is 11.6 Å². The first-order chi connectivity index (χ1) is 12.7. The molecule has 0 aliphatic carbocycles. The van der Waals surface area contributed by atoms with Gasteiger partial charge in [-0.25, -0.2) is 9.59 Å². The highest BCUT2D eigenvalue weighted by Gasteiger charge is 2.33. The van der Waals surface area contributed by atoms with Crippen LogP contribution < -0.4 is 15.4 Å². The van der Waals surface area contributed by atoms with Gasteiger partial charge in [0.15, 0.2) is 11.5 Å². The summed E-state index contributed by atoms with van der Waals surface area (Å²) in [6, 6.07) is 1.67. The topological polar surface area (TPSA) is 106 Å². The Balaban J connectivity index is 2.30. The highest BCUT2D eigenvalue weighted by atomic mass is 35.5. The standard InChI is InChI=1S/C18H23ClN2O6/c1-9(2)26-5-6-27-17(23)14-10(3)20-18(24)21-15(14)11-7-12(19)16(22)13(8-11)25-4/h7-9,15,22H,5-6H2,1-4H3,(H2,20,21,24)/t15-/m1/s1. The lowest BCUT2D eigenvalue weighted by molar-refractivity contribution is -0.141. The summed E-state index contributed by atoms with van der Waals surface area (Å²) in [5.74, 6) is -0.694. The monoisotopic (exact) mass is 398 g/mol. The van der Waals surface area contributed by atoms with Crippen LogP contribution in [-0.2, 0) is 14.3 Å². The van der Waals surface area contributed by atoms with Gasteiger partial charge in [0.1, 0.15) is 6.61 Å². The Morgan fingerprint density at radius 1 is 1.33 bits per heavy atom. The van der Waals surface area contributed by atoms with Crippen LogP contribution >= 0.6 is 11.6 Å². The molecule has 1 aliphatic rings. The average Bonchev–Trinajstić information content (AvgIpc) is 2.59. The number of esters is 1. The van der Waals surface area contributed by atoms with Crippen molar-refractivity contribution in [2.75, 3.05) is 20.3 Å². The summed E-state index contributed by atoms with van der Waals surface area (Å²) in [4.78, 5) is 24.5. The highest BCUT2D eigenvalue weighted by Crippen LogP contribution is 2.39. The van der Waals surface area contributed by atoms with Gasteiger partial charge >= 0.3 is 12.0 Å². The molecule has 9 heteroatoms. The van der Waals surface area contributed by atoms with Crippen molar-refractivity contribution in [3.8, 4) is 11.5 Å². The van der Waals surface area contributed by atoms with Crippen LogP contribution in [0, 0.1) is 0 Å². The van der Waals surface area contributed by atoms with Gasteiger partial charge in [-0.15, -0.1) is 0 Å². The lowest BCUT2D eigenvalue weighted by Crippen LogP contribution is -2.45. The van der Waals surface area contributed by atoms with Crippen LogP contribution in [0.3, 0.4) is 0 Å². The number of hydrogen-bond donors (Lipinski definition) is 3. The molecule has 0 unspecified atom stereocenters. The van der Waals surface area contributed by atoms with Crippen molar-refractivity contribution < 1.29 is 28.9 Å². The number of halogens is 1. The molecule has 3 N–H and O–H groups in total. The van der Waals surface area contributed by atoms with E-state index in [1.54, 1.807) is 6.92 Å². The molecule has 0 saturated carbocycles. The maximum absolute atomic E-state index is 12.6. The van der Waals surface area contributed by atoms with E-state index < -0.39 is 18.0 Å². The summed E-state index contributed by atoms with van der Waals surface area (Å²) >= 11 is 6.04. The fraction of sp³-hybridized carbons (Fsp3) is 0.444. The number of hydrogen-bond acceptors (Lipinski definition) is 6. The maximum Gasteiger partial charge on any atom is 0.338 e. The van der Waals surface area contributed by atoms with Gasteiger partial charge in [-0.2, -0.15) is 0 Å². The van der Waals surface area contributed by atoms with E-state index in [2.05, 4.69) is 10.6 Å². The van der Waals surface area contributed by atoms with Crippen molar-refractivity contribution in [3.05, 3.63) is 34.0 Å². The molecule has 0 saturated heterocycles. The van der Waals surface area contributed by atoms with E-state index >= 15 is 0 Å². The van der Waals surface area contributed by atoms with Gasteiger partial charge in [0, 0.05) is 5.70 Å². The molecule has 1 aliphatic heterocycles. The Morgan fingerprint density at radius 3 is 2.67 bits per heavy atom. The number of carbonyl (C=O) groups excluding carboxylic acids is 2. The minimum absolute atomic E-state index is 0.0274. The molecule has 0 radical (unpaired) electrons. The van der Waals surface area contributed by atoms with Crippen LogP contribution in [0.15, 0.2) is 23.4 Å². The smallest absolute Gasteiger partial charge is 0.338 e. The van der Waals surface area contributed by atoms with Gasteiger partial charge in [0.2, 0.25) is 0 Å². The number of carbonyl (C=O) groups is 2. The van der Waals surface area contributed by atoms with E-state index in [-0.39, 0.29) is 41.4 Å². The molecule has 2 amide bonds. The quantitative estimate of drug-likeness (QED) is 0.481. The van der Waals surface area contributed by atoms with E-state index in [9.17, 15) is 14.7 Å². The molecule has 1 atom stereocenters. The van der Waals surface area contributed by atoms with Gasteiger partial charge in [0.05, 0.1) is 36.5 Å². The number of amides is 2. The summed E-state index contributed by atoms with van der Waals surface area (Å²) in [6.07, 6.45) is 0.0274. The van der Waals surface area contributed by atoms with Crippen molar-refractivity contribution in [1.29, 1.82) is 0 Å². The number of phenols is 1. The number of phenolic OH excluding ortho intramolecular Hbond substituents is 1. The average molecular weight is 399 g/mol. The normalized spacial score (nSPS) is 16.8. The maximum atomic E-state index is 12.6. The molecule has 1 heterocycles. The molecule has 27 heavy (non-hydrogen) atoms. The predicted octanol–water partition coefficient (Wildman–Crippen LogP) is 2.65. The van der Waals surface area contributed by atoms with Crippen molar-refractivity contribution in [2.24, 2.45) is 0 Å².